The summed E-state index contributed by atoms with van der Waals surface area (Å²) in [5, 5.41) is 2.06. The smallest absolute Gasteiger partial charge is 0.106 e. The zero-order valence-electron chi connectivity index (χ0n) is 8.10. The molecule has 2 heterocycles. The van der Waals surface area contributed by atoms with Crippen molar-refractivity contribution in [3.63, 3.8) is 0 Å². The molecule has 0 fully saturated rings. The number of imidazole rings is 1. The number of rotatable bonds is 3. The number of hydrogen-bond donors (Lipinski definition) is 1. The molecule has 2 rings (SSSR count). The van der Waals surface area contributed by atoms with Gasteiger partial charge in [0.25, 0.3) is 0 Å². The summed E-state index contributed by atoms with van der Waals surface area (Å²) >= 11 is 1.71. The van der Waals surface area contributed by atoms with Gasteiger partial charge in [-0.2, -0.15) is 0 Å². The highest BCUT2D eigenvalue weighted by Gasteiger charge is 2.05. The second kappa shape index (κ2) is 3.94. The summed E-state index contributed by atoms with van der Waals surface area (Å²) in [5.74, 6) is 1.03. The minimum absolute atomic E-state index is 0.654. The average Bonchev–Trinajstić information content (AvgIpc) is 2.76. The highest BCUT2D eigenvalue weighted by atomic mass is 32.1. The van der Waals surface area contributed by atoms with E-state index in [1.165, 1.54) is 4.88 Å². The predicted molar refractivity (Wildman–Crippen MR) is 59.3 cm³/mol. The molecule has 0 unspecified atom stereocenters. The van der Waals surface area contributed by atoms with Gasteiger partial charge in [0.2, 0.25) is 0 Å². The summed E-state index contributed by atoms with van der Waals surface area (Å²) in [6, 6.07) is 4.12. The summed E-state index contributed by atoms with van der Waals surface area (Å²) in [6.45, 7) is 3.50. The second-order valence-electron chi connectivity index (χ2n) is 3.13. The van der Waals surface area contributed by atoms with Crippen molar-refractivity contribution in [3.8, 4) is 10.6 Å². The zero-order valence-corrected chi connectivity index (χ0v) is 8.92. The molecular weight excluding hydrogens is 194 g/mol. The van der Waals surface area contributed by atoms with Crippen molar-refractivity contribution in [1.82, 2.24) is 9.55 Å². The summed E-state index contributed by atoms with van der Waals surface area (Å²) < 4.78 is 2.09. The molecule has 0 bridgehead atoms. The van der Waals surface area contributed by atoms with E-state index in [0.29, 0.717) is 6.54 Å². The van der Waals surface area contributed by atoms with Crippen LogP contribution in [0, 0.1) is 6.92 Å². The fraction of sp³-hybridized carbons (Fsp3) is 0.300. The van der Waals surface area contributed by atoms with Crippen LogP contribution in [0.5, 0.6) is 0 Å². The van der Waals surface area contributed by atoms with Crippen molar-refractivity contribution < 1.29 is 0 Å². The summed E-state index contributed by atoms with van der Waals surface area (Å²) in [4.78, 5) is 5.70. The monoisotopic (exact) mass is 207 g/mol. The van der Waals surface area contributed by atoms with E-state index in [-0.39, 0.29) is 0 Å². The number of nitrogens with two attached hydrogens (primary N) is 1. The van der Waals surface area contributed by atoms with E-state index in [0.717, 1.165) is 18.1 Å². The maximum atomic E-state index is 5.51. The van der Waals surface area contributed by atoms with Crippen molar-refractivity contribution >= 4 is 11.3 Å². The van der Waals surface area contributed by atoms with E-state index >= 15 is 0 Å². The number of aromatic nitrogens is 2. The van der Waals surface area contributed by atoms with Gasteiger partial charge < -0.3 is 10.3 Å². The fourth-order valence-corrected chi connectivity index (χ4v) is 2.10. The third-order valence-electron chi connectivity index (χ3n) is 2.12. The third kappa shape index (κ3) is 1.71. The molecule has 3 nitrogen and oxygen atoms in total. The van der Waals surface area contributed by atoms with Crippen molar-refractivity contribution in [2.75, 3.05) is 6.54 Å². The van der Waals surface area contributed by atoms with Gasteiger partial charge in [-0.25, -0.2) is 4.98 Å². The summed E-state index contributed by atoms with van der Waals surface area (Å²) in [6.07, 6.45) is 2.06. The lowest BCUT2D eigenvalue weighted by atomic mass is 10.4. The molecule has 0 saturated heterocycles. The fourth-order valence-electron chi connectivity index (χ4n) is 1.42. The minimum atomic E-state index is 0.654. The van der Waals surface area contributed by atoms with Crippen LogP contribution in [0.3, 0.4) is 0 Å². The molecule has 0 radical (unpaired) electrons. The van der Waals surface area contributed by atoms with Crippen LogP contribution in [0.2, 0.25) is 0 Å². The molecule has 2 N–H and O–H groups in total. The lowest BCUT2D eigenvalue weighted by molar-refractivity contribution is 0.684. The Balaban J connectivity index is 2.33. The first-order chi connectivity index (χ1) is 6.81. The van der Waals surface area contributed by atoms with Gasteiger partial charge in [0.05, 0.1) is 10.6 Å². The van der Waals surface area contributed by atoms with Gasteiger partial charge in [-0.3, -0.25) is 0 Å². The van der Waals surface area contributed by atoms with Gasteiger partial charge in [-0.15, -0.1) is 11.3 Å². The van der Waals surface area contributed by atoms with Gasteiger partial charge in [-0.05, 0) is 18.4 Å². The van der Waals surface area contributed by atoms with Crippen LogP contribution < -0.4 is 5.73 Å². The molecule has 0 spiro atoms. The van der Waals surface area contributed by atoms with Gasteiger partial charge in [0, 0.05) is 19.3 Å². The largest absolute Gasteiger partial charge is 0.333 e. The predicted octanol–water partition coefficient (Wildman–Crippen LogP) is 1.88. The van der Waals surface area contributed by atoms with Crippen molar-refractivity contribution in [3.05, 3.63) is 29.5 Å². The molecule has 4 heteroatoms. The standard InChI is InChI=1S/C10H13N3S/c1-8-12-9(7-13(8)5-4-11)10-3-2-6-14-10/h2-3,6-7H,4-5,11H2,1H3. The van der Waals surface area contributed by atoms with Crippen LogP contribution in [-0.2, 0) is 6.54 Å². The molecule has 0 saturated carbocycles. The van der Waals surface area contributed by atoms with Crippen LogP contribution in [0.25, 0.3) is 10.6 Å². The van der Waals surface area contributed by atoms with Crippen LogP contribution >= 0.6 is 11.3 Å². The van der Waals surface area contributed by atoms with Crippen LogP contribution in [-0.4, -0.2) is 16.1 Å². The molecule has 2 aromatic rings. The maximum Gasteiger partial charge on any atom is 0.106 e. The van der Waals surface area contributed by atoms with Crippen LogP contribution in [0.4, 0.5) is 0 Å². The summed E-state index contributed by atoms with van der Waals surface area (Å²) in [7, 11) is 0. The van der Waals surface area contributed by atoms with Crippen LogP contribution in [0.1, 0.15) is 5.82 Å². The van der Waals surface area contributed by atoms with Gasteiger partial charge >= 0.3 is 0 Å². The highest BCUT2D eigenvalue weighted by Crippen LogP contribution is 2.23. The molecule has 0 amide bonds. The Morgan fingerprint density at radius 1 is 1.57 bits per heavy atom. The summed E-state index contributed by atoms with van der Waals surface area (Å²) in [5.41, 5.74) is 6.56. The molecule has 0 aliphatic heterocycles. The Morgan fingerprint density at radius 3 is 3.07 bits per heavy atom. The normalized spacial score (nSPS) is 10.7. The molecule has 74 valence electrons. The molecular formula is C10H13N3S. The van der Waals surface area contributed by atoms with E-state index in [1.54, 1.807) is 11.3 Å². The molecule has 0 aliphatic rings. The Labute approximate surface area is 87.2 Å². The molecule has 0 atom stereocenters. The van der Waals surface area contributed by atoms with E-state index in [2.05, 4.69) is 27.2 Å². The number of thiophene rings is 1. The Bertz CT molecular complexity index is 403. The number of hydrogen-bond acceptors (Lipinski definition) is 3. The lowest BCUT2D eigenvalue weighted by Gasteiger charge is -1.99. The van der Waals surface area contributed by atoms with Gasteiger partial charge in [0.15, 0.2) is 0 Å². The minimum Gasteiger partial charge on any atom is -0.333 e. The van der Waals surface area contributed by atoms with E-state index in [9.17, 15) is 0 Å². The van der Waals surface area contributed by atoms with Crippen molar-refractivity contribution in [1.29, 1.82) is 0 Å². The number of aryl methyl sites for hydroxylation is 1. The first kappa shape index (κ1) is 9.43. The number of nitrogens with zero attached hydrogens (tertiary/aromatic N) is 2. The Kier molecular flexibility index (Phi) is 2.65. The third-order valence-corrected chi connectivity index (χ3v) is 3.01. The Hall–Kier alpha value is -1.13. The van der Waals surface area contributed by atoms with E-state index < -0.39 is 0 Å². The quantitative estimate of drug-likeness (QED) is 0.835. The molecule has 14 heavy (non-hydrogen) atoms. The second-order valence-corrected chi connectivity index (χ2v) is 4.08. The maximum absolute atomic E-state index is 5.51. The van der Waals surface area contributed by atoms with Crippen LogP contribution in [0.15, 0.2) is 23.7 Å². The molecule has 0 aliphatic carbocycles. The molecule has 0 aromatic carbocycles. The SMILES string of the molecule is Cc1nc(-c2cccs2)cn1CCN. The first-order valence-corrected chi connectivity index (χ1v) is 5.47. The topological polar surface area (TPSA) is 43.8 Å². The van der Waals surface area contributed by atoms with Gasteiger partial charge in [-0.1, -0.05) is 6.07 Å². The van der Waals surface area contributed by atoms with Gasteiger partial charge in [0.1, 0.15) is 5.82 Å². The van der Waals surface area contributed by atoms with E-state index in [4.69, 9.17) is 5.73 Å². The highest BCUT2D eigenvalue weighted by molar-refractivity contribution is 7.13. The zero-order chi connectivity index (χ0) is 9.97. The average molecular weight is 207 g/mol. The lowest BCUT2D eigenvalue weighted by Crippen LogP contribution is -2.09. The van der Waals surface area contributed by atoms with E-state index in [1.807, 2.05) is 13.0 Å². The first-order valence-electron chi connectivity index (χ1n) is 4.59. The molecule has 2 aromatic heterocycles. The van der Waals surface area contributed by atoms with Crippen molar-refractivity contribution in [2.45, 2.75) is 13.5 Å². The Morgan fingerprint density at radius 2 is 2.43 bits per heavy atom. The van der Waals surface area contributed by atoms with Crippen molar-refractivity contribution in [2.24, 2.45) is 5.73 Å².